The monoisotopic (exact) mass is 226 g/mol. The normalized spacial score (nSPS) is 10.6. The first-order valence-corrected chi connectivity index (χ1v) is 5.17. The Morgan fingerprint density at radius 2 is 2.12 bits per heavy atom. The molecule has 0 spiro atoms. The number of hydrogen-bond donors (Lipinski definition) is 2. The Balaban J connectivity index is 2.47. The van der Waals surface area contributed by atoms with Gasteiger partial charge in [0.2, 0.25) is 5.88 Å². The van der Waals surface area contributed by atoms with Gasteiger partial charge in [-0.2, -0.15) is 0 Å². The van der Waals surface area contributed by atoms with Crippen LogP contribution in [-0.4, -0.2) is 29.3 Å². The summed E-state index contributed by atoms with van der Waals surface area (Å²) < 4.78 is 10.8. The van der Waals surface area contributed by atoms with Crippen molar-refractivity contribution in [2.75, 3.05) is 18.6 Å². The Hall–Kier alpha value is -1.40. The van der Waals surface area contributed by atoms with Crippen LogP contribution < -0.4 is 16.0 Å². The number of nitrogens with two attached hydrogens (primary N) is 1. The fourth-order valence-corrected chi connectivity index (χ4v) is 1.15. The van der Waals surface area contributed by atoms with E-state index in [2.05, 4.69) is 15.4 Å². The minimum absolute atomic E-state index is 0.205. The average molecular weight is 226 g/mol. The van der Waals surface area contributed by atoms with Crippen LogP contribution in [0.15, 0.2) is 6.33 Å². The smallest absolute Gasteiger partial charge is 0.221 e. The molecule has 0 bridgehead atoms. The molecular weight excluding hydrogens is 208 g/mol. The second-order valence-electron chi connectivity index (χ2n) is 3.56. The summed E-state index contributed by atoms with van der Waals surface area (Å²) in [4.78, 5) is 7.97. The molecule has 0 aromatic carbocycles. The number of hydrogen-bond acceptors (Lipinski definition) is 6. The number of aromatic nitrogens is 2. The van der Waals surface area contributed by atoms with E-state index in [1.54, 1.807) is 0 Å². The number of nitrogens with one attached hydrogen (secondary N) is 1. The van der Waals surface area contributed by atoms with E-state index in [1.807, 2.05) is 20.8 Å². The summed E-state index contributed by atoms with van der Waals surface area (Å²) in [6.45, 7) is 6.79. The lowest BCUT2D eigenvalue weighted by atomic mass is 10.3. The predicted octanol–water partition coefficient (Wildman–Crippen LogP) is 0.874. The van der Waals surface area contributed by atoms with Crippen molar-refractivity contribution < 1.29 is 9.47 Å². The van der Waals surface area contributed by atoms with Crippen molar-refractivity contribution in [2.24, 2.45) is 5.84 Å². The maximum absolute atomic E-state index is 5.46. The second kappa shape index (κ2) is 6.24. The third kappa shape index (κ3) is 3.63. The van der Waals surface area contributed by atoms with Crippen molar-refractivity contribution in [3.63, 3.8) is 0 Å². The number of nitrogens with zero attached hydrogens (tertiary/aromatic N) is 2. The van der Waals surface area contributed by atoms with Gasteiger partial charge < -0.3 is 14.9 Å². The van der Waals surface area contributed by atoms with E-state index in [0.29, 0.717) is 24.9 Å². The Kier molecular flexibility index (Phi) is 4.94. The molecule has 6 nitrogen and oxygen atoms in total. The lowest BCUT2D eigenvalue weighted by molar-refractivity contribution is 0.0541. The standard InChI is InChI=1S/C10H18N4O2/c1-7(2)15-4-5-16-10-8(3)9(14-11)12-6-13-10/h6-7H,4-5,11H2,1-3H3,(H,12,13,14). The first-order chi connectivity index (χ1) is 7.65. The molecule has 0 aliphatic heterocycles. The molecule has 0 saturated carbocycles. The van der Waals surface area contributed by atoms with Crippen molar-refractivity contribution in [1.29, 1.82) is 0 Å². The van der Waals surface area contributed by atoms with E-state index < -0.39 is 0 Å². The maximum atomic E-state index is 5.46. The van der Waals surface area contributed by atoms with Gasteiger partial charge in [0, 0.05) is 0 Å². The predicted molar refractivity (Wildman–Crippen MR) is 61.2 cm³/mol. The molecule has 0 fully saturated rings. The Morgan fingerprint density at radius 3 is 2.75 bits per heavy atom. The Morgan fingerprint density at radius 1 is 1.38 bits per heavy atom. The summed E-state index contributed by atoms with van der Waals surface area (Å²) >= 11 is 0. The molecule has 3 N–H and O–H groups in total. The first kappa shape index (κ1) is 12.7. The van der Waals surface area contributed by atoms with Crippen LogP contribution in [0.5, 0.6) is 5.88 Å². The van der Waals surface area contributed by atoms with Crippen molar-refractivity contribution >= 4 is 5.82 Å². The summed E-state index contributed by atoms with van der Waals surface area (Å²) in [5, 5.41) is 0. The van der Waals surface area contributed by atoms with E-state index in [0.717, 1.165) is 5.56 Å². The topological polar surface area (TPSA) is 82.3 Å². The lowest BCUT2D eigenvalue weighted by Gasteiger charge is -2.11. The van der Waals surface area contributed by atoms with Gasteiger partial charge in [-0.1, -0.05) is 0 Å². The zero-order valence-corrected chi connectivity index (χ0v) is 9.86. The molecular formula is C10H18N4O2. The van der Waals surface area contributed by atoms with Crippen LogP contribution in [0.25, 0.3) is 0 Å². The third-order valence-corrected chi connectivity index (χ3v) is 1.95. The van der Waals surface area contributed by atoms with Crippen molar-refractivity contribution in [1.82, 2.24) is 9.97 Å². The van der Waals surface area contributed by atoms with Gasteiger partial charge in [0.15, 0.2) is 0 Å². The highest BCUT2D eigenvalue weighted by atomic mass is 16.5. The van der Waals surface area contributed by atoms with E-state index in [1.165, 1.54) is 6.33 Å². The van der Waals surface area contributed by atoms with Gasteiger partial charge in [-0.05, 0) is 20.8 Å². The molecule has 16 heavy (non-hydrogen) atoms. The summed E-state index contributed by atoms with van der Waals surface area (Å²) in [5.74, 6) is 6.38. The fraction of sp³-hybridized carbons (Fsp3) is 0.600. The second-order valence-corrected chi connectivity index (χ2v) is 3.56. The summed E-state index contributed by atoms with van der Waals surface area (Å²) in [6.07, 6.45) is 1.61. The van der Waals surface area contributed by atoms with Crippen LogP contribution in [-0.2, 0) is 4.74 Å². The molecule has 0 saturated heterocycles. The lowest BCUT2D eigenvalue weighted by Crippen LogP contribution is -2.14. The van der Waals surface area contributed by atoms with Gasteiger partial charge in [0.05, 0.1) is 18.3 Å². The van der Waals surface area contributed by atoms with E-state index in [-0.39, 0.29) is 6.10 Å². The molecule has 0 amide bonds. The highest BCUT2D eigenvalue weighted by Gasteiger charge is 2.06. The number of ether oxygens (including phenoxy) is 2. The number of anilines is 1. The molecule has 0 atom stereocenters. The molecule has 0 aliphatic rings. The number of hydrazine groups is 1. The van der Waals surface area contributed by atoms with E-state index >= 15 is 0 Å². The average Bonchev–Trinajstić information content (AvgIpc) is 2.26. The Labute approximate surface area is 95.1 Å². The van der Waals surface area contributed by atoms with Gasteiger partial charge in [-0.15, -0.1) is 0 Å². The van der Waals surface area contributed by atoms with E-state index in [4.69, 9.17) is 15.3 Å². The zero-order chi connectivity index (χ0) is 12.0. The molecule has 1 aromatic heterocycles. The number of nitrogen functional groups attached to an aromatic ring is 1. The molecule has 90 valence electrons. The van der Waals surface area contributed by atoms with Crippen molar-refractivity contribution in [3.8, 4) is 5.88 Å². The molecule has 1 aromatic rings. The molecule has 0 aliphatic carbocycles. The van der Waals surface area contributed by atoms with Gasteiger partial charge in [0.1, 0.15) is 18.8 Å². The molecule has 6 heteroatoms. The van der Waals surface area contributed by atoms with Crippen LogP contribution in [0.3, 0.4) is 0 Å². The van der Waals surface area contributed by atoms with Gasteiger partial charge in [0.25, 0.3) is 0 Å². The quantitative estimate of drug-likeness (QED) is 0.425. The highest BCUT2D eigenvalue weighted by molar-refractivity contribution is 5.46. The number of rotatable bonds is 6. The van der Waals surface area contributed by atoms with Crippen LogP contribution in [0.2, 0.25) is 0 Å². The summed E-state index contributed by atoms with van der Waals surface area (Å²) in [5.41, 5.74) is 3.27. The largest absolute Gasteiger partial charge is 0.475 e. The SMILES string of the molecule is Cc1c(NN)ncnc1OCCOC(C)C. The minimum atomic E-state index is 0.205. The fourth-order valence-electron chi connectivity index (χ4n) is 1.15. The minimum Gasteiger partial charge on any atom is -0.475 e. The summed E-state index contributed by atoms with van der Waals surface area (Å²) in [6, 6.07) is 0. The Bertz CT molecular complexity index is 331. The third-order valence-electron chi connectivity index (χ3n) is 1.95. The van der Waals surface area contributed by atoms with Crippen LogP contribution in [0, 0.1) is 6.92 Å². The zero-order valence-electron chi connectivity index (χ0n) is 9.86. The molecule has 0 radical (unpaired) electrons. The highest BCUT2D eigenvalue weighted by Crippen LogP contribution is 2.18. The van der Waals surface area contributed by atoms with Crippen molar-refractivity contribution in [3.05, 3.63) is 11.9 Å². The maximum Gasteiger partial charge on any atom is 0.221 e. The van der Waals surface area contributed by atoms with Gasteiger partial charge in [-0.25, -0.2) is 15.8 Å². The molecule has 1 rings (SSSR count). The van der Waals surface area contributed by atoms with Crippen LogP contribution in [0.4, 0.5) is 5.82 Å². The van der Waals surface area contributed by atoms with E-state index in [9.17, 15) is 0 Å². The summed E-state index contributed by atoms with van der Waals surface area (Å²) in [7, 11) is 0. The van der Waals surface area contributed by atoms with Crippen LogP contribution in [0.1, 0.15) is 19.4 Å². The van der Waals surface area contributed by atoms with Gasteiger partial charge >= 0.3 is 0 Å². The van der Waals surface area contributed by atoms with Gasteiger partial charge in [-0.3, -0.25) is 0 Å². The molecule has 0 unspecified atom stereocenters. The first-order valence-electron chi connectivity index (χ1n) is 5.17. The van der Waals surface area contributed by atoms with Crippen LogP contribution >= 0.6 is 0 Å². The van der Waals surface area contributed by atoms with Crippen molar-refractivity contribution in [2.45, 2.75) is 26.9 Å². The molecule has 1 heterocycles.